The minimum absolute atomic E-state index is 0. The average molecular weight is 579 g/mol. The van der Waals surface area contributed by atoms with Gasteiger partial charge in [-0.1, -0.05) is 48.5 Å². The number of hydrogen-bond acceptors (Lipinski definition) is 7. The van der Waals surface area contributed by atoms with Gasteiger partial charge in [0.25, 0.3) is 0 Å². The maximum atomic E-state index is 5.58. The minimum Gasteiger partial charge on any atom is -0.493 e. The molecule has 5 aromatic rings. The molecule has 1 aliphatic rings. The van der Waals surface area contributed by atoms with Crippen molar-refractivity contribution in [3.05, 3.63) is 94.0 Å². The van der Waals surface area contributed by atoms with Crippen LogP contribution in [0.4, 0.5) is 5.13 Å². The average Bonchev–Trinajstić information content (AvgIpc) is 3.68. The van der Waals surface area contributed by atoms with Crippen LogP contribution in [-0.4, -0.2) is 24.9 Å². The van der Waals surface area contributed by atoms with Gasteiger partial charge in [0.2, 0.25) is 5.13 Å². The number of nitrogens with zero attached hydrogens (tertiary/aromatic N) is 3. The normalized spacial score (nSPS) is 15.0. The Balaban J connectivity index is 0.00000267. The number of hydrogen-bond donors (Lipinski definition) is 0. The van der Waals surface area contributed by atoms with Crippen molar-refractivity contribution in [1.29, 1.82) is 0 Å². The Morgan fingerprint density at radius 2 is 1.69 bits per heavy atom. The van der Waals surface area contributed by atoms with Gasteiger partial charge < -0.3 is 9.47 Å². The van der Waals surface area contributed by atoms with Crippen molar-refractivity contribution in [2.24, 2.45) is 5.10 Å². The van der Waals surface area contributed by atoms with Gasteiger partial charge in [-0.05, 0) is 46.0 Å². The van der Waals surface area contributed by atoms with Gasteiger partial charge in [-0.3, -0.25) is 0 Å². The molecule has 0 spiro atoms. The van der Waals surface area contributed by atoms with Crippen molar-refractivity contribution < 1.29 is 9.47 Å². The zero-order chi connectivity index (χ0) is 23.8. The number of thiophene rings is 1. The van der Waals surface area contributed by atoms with Crippen LogP contribution in [0.3, 0.4) is 0 Å². The largest absolute Gasteiger partial charge is 0.493 e. The van der Waals surface area contributed by atoms with E-state index in [0.717, 1.165) is 34.1 Å². The van der Waals surface area contributed by atoms with Crippen molar-refractivity contribution >= 4 is 61.3 Å². The number of benzene rings is 3. The van der Waals surface area contributed by atoms with E-state index in [0.29, 0.717) is 11.5 Å². The maximum Gasteiger partial charge on any atom is 0.207 e. The van der Waals surface area contributed by atoms with Gasteiger partial charge in [0.1, 0.15) is 0 Å². The Hall–Kier alpha value is -3.20. The highest BCUT2D eigenvalue weighted by molar-refractivity contribution is 8.93. The van der Waals surface area contributed by atoms with Crippen molar-refractivity contribution in [3.63, 3.8) is 0 Å². The summed E-state index contributed by atoms with van der Waals surface area (Å²) >= 11 is 3.33. The molecule has 1 aliphatic heterocycles. The van der Waals surface area contributed by atoms with Gasteiger partial charge in [0.15, 0.2) is 11.5 Å². The topological polar surface area (TPSA) is 47.0 Å². The third-order valence-corrected chi connectivity index (χ3v) is 7.99. The maximum absolute atomic E-state index is 5.58. The molecule has 36 heavy (non-hydrogen) atoms. The van der Waals surface area contributed by atoms with E-state index < -0.39 is 0 Å². The van der Waals surface area contributed by atoms with Crippen LogP contribution < -0.4 is 14.5 Å². The van der Waals surface area contributed by atoms with Crippen LogP contribution in [0, 0.1) is 0 Å². The van der Waals surface area contributed by atoms with Crippen LogP contribution in [-0.2, 0) is 0 Å². The van der Waals surface area contributed by atoms with Gasteiger partial charge in [0, 0.05) is 17.4 Å². The molecule has 3 heterocycles. The second kappa shape index (κ2) is 10.4. The molecular weight excluding hydrogens is 554 g/mol. The highest BCUT2D eigenvalue weighted by Gasteiger charge is 2.32. The lowest BCUT2D eigenvalue weighted by Crippen LogP contribution is -2.18. The van der Waals surface area contributed by atoms with Crippen LogP contribution >= 0.6 is 39.7 Å². The van der Waals surface area contributed by atoms with Gasteiger partial charge in [-0.25, -0.2) is 9.99 Å². The number of halogens is 1. The smallest absolute Gasteiger partial charge is 0.207 e. The standard InChI is InChI=1S/C28H23N3O2S2.BrH/c1-32-25-12-11-21(15-26(25)33-2)24-16-22(27-8-5-13-34-27)30-31(24)28-29-23(17-35-28)20-10-9-18-6-3-4-7-19(18)14-20;/h3-15,17,24H,16H2,1-2H3;1H. The van der Waals surface area contributed by atoms with E-state index in [4.69, 9.17) is 19.6 Å². The summed E-state index contributed by atoms with van der Waals surface area (Å²) in [5.41, 5.74) is 4.25. The quantitative estimate of drug-likeness (QED) is 0.205. The molecule has 2 aromatic heterocycles. The number of aromatic nitrogens is 1. The first-order valence-corrected chi connectivity index (χ1v) is 13.1. The summed E-state index contributed by atoms with van der Waals surface area (Å²) < 4.78 is 11.0. The molecule has 0 N–H and O–H groups in total. The SMILES string of the molecule is Br.COc1ccc(C2CC(c3cccs3)=NN2c2nc(-c3ccc4ccccc4c3)cs2)cc1OC. The third kappa shape index (κ3) is 4.52. The van der Waals surface area contributed by atoms with Crippen LogP contribution in [0.25, 0.3) is 22.0 Å². The number of ether oxygens (including phenoxy) is 2. The first-order valence-electron chi connectivity index (χ1n) is 11.3. The molecule has 5 nitrogen and oxygen atoms in total. The van der Waals surface area contributed by atoms with Gasteiger partial charge >= 0.3 is 0 Å². The molecule has 0 bridgehead atoms. The molecular formula is C28H24BrN3O2S2. The fraction of sp³-hybridized carbons (Fsp3) is 0.143. The molecule has 0 saturated carbocycles. The molecule has 0 saturated heterocycles. The number of rotatable bonds is 6. The lowest BCUT2D eigenvalue weighted by atomic mass is 10.0. The van der Waals surface area contributed by atoms with Crippen LogP contribution in [0.2, 0.25) is 0 Å². The molecule has 0 aliphatic carbocycles. The predicted molar refractivity (Wildman–Crippen MR) is 156 cm³/mol. The minimum atomic E-state index is 0. The number of thiazole rings is 1. The van der Waals surface area contributed by atoms with E-state index in [9.17, 15) is 0 Å². The highest BCUT2D eigenvalue weighted by Crippen LogP contribution is 2.42. The monoisotopic (exact) mass is 577 g/mol. The Morgan fingerprint density at radius 3 is 2.47 bits per heavy atom. The Labute approximate surface area is 228 Å². The lowest BCUT2D eigenvalue weighted by molar-refractivity contribution is 0.354. The molecule has 8 heteroatoms. The van der Waals surface area contributed by atoms with Crippen molar-refractivity contribution in [2.45, 2.75) is 12.5 Å². The predicted octanol–water partition coefficient (Wildman–Crippen LogP) is 7.98. The van der Waals surface area contributed by atoms with Gasteiger partial charge in [-0.15, -0.1) is 39.7 Å². The fourth-order valence-corrected chi connectivity index (χ4v) is 6.00. The van der Waals surface area contributed by atoms with E-state index in [1.165, 1.54) is 15.6 Å². The molecule has 1 atom stereocenters. The lowest BCUT2D eigenvalue weighted by Gasteiger charge is -2.22. The molecule has 6 rings (SSSR count). The van der Waals surface area contributed by atoms with Gasteiger partial charge in [-0.2, -0.15) is 5.10 Å². The second-order valence-corrected chi connectivity index (χ2v) is 10.1. The first kappa shape index (κ1) is 24.5. The third-order valence-electron chi connectivity index (χ3n) is 6.24. The summed E-state index contributed by atoms with van der Waals surface area (Å²) in [7, 11) is 3.32. The van der Waals surface area contributed by atoms with E-state index in [2.05, 4.69) is 76.4 Å². The zero-order valence-corrected chi connectivity index (χ0v) is 23.1. The van der Waals surface area contributed by atoms with E-state index in [1.807, 2.05) is 12.1 Å². The first-order chi connectivity index (χ1) is 17.2. The van der Waals surface area contributed by atoms with Crippen molar-refractivity contribution in [3.8, 4) is 22.8 Å². The van der Waals surface area contributed by atoms with Crippen molar-refractivity contribution in [2.75, 3.05) is 19.2 Å². The van der Waals surface area contributed by atoms with E-state index in [1.54, 1.807) is 36.9 Å². The molecule has 1 unspecified atom stereocenters. The van der Waals surface area contributed by atoms with Crippen LogP contribution in [0.15, 0.2) is 88.7 Å². The summed E-state index contributed by atoms with van der Waals surface area (Å²) in [5.74, 6) is 1.43. The summed E-state index contributed by atoms with van der Waals surface area (Å²) in [4.78, 5) is 6.21. The van der Waals surface area contributed by atoms with Crippen LogP contribution in [0.5, 0.6) is 11.5 Å². The Morgan fingerprint density at radius 1 is 0.861 bits per heavy atom. The second-order valence-electron chi connectivity index (χ2n) is 8.28. The van der Waals surface area contributed by atoms with E-state index >= 15 is 0 Å². The summed E-state index contributed by atoms with van der Waals surface area (Å²) in [6, 6.07) is 25.2. The molecule has 182 valence electrons. The number of methoxy groups -OCH3 is 2. The molecule has 0 radical (unpaired) electrons. The van der Waals surface area contributed by atoms with Crippen LogP contribution in [0.1, 0.15) is 22.9 Å². The number of fused-ring (bicyclic) bond motifs is 1. The van der Waals surface area contributed by atoms with E-state index in [-0.39, 0.29) is 23.0 Å². The summed E-state index contributed by atoms with van der Waals surface area (Å²) in [5, 5.41) is 14.6. The summed E-state index contributed by atoms with van der Waals surface area (Å²) in [6.45, 7) is 0. The molecule has 3 aromatic carbocycles. The van der Waals surface area contributed by atoms with Gasteiger partial charge in [0.05, 0.1) is 36.5 Å². The molecule has 0 amide bonds. The number of hydrazone groups is 1. The fourth-order valence-electron chi connectivity index (χ4n) is 4.45. The Bertz CT molecular complexity index is 1530. The Kier molecular flexibility index (Phi) is 7.09. The van der Waals surface area contributed by atoms with Crippen molar-refractivity contribution in [1.82, 2.24) is 4.98 Å². The number of anilines is 1. The highest BCUT2D eigenvalue weighted by atomic mass is 79.9. The molecule has 0 fully saturated rings. The zero-order valence-electron chi connectivity index (χ0n) is 19.8. The summed E-state index contributed by atoms with van der Waals surface area (Å²) in [6.07, 6.45) is 0.793.